The fourth-order valence-corrected chi connectivity index (χ4v) is 2.19. The van der Waals surface area contributed by atoms with Gasteiger partial charge < -0.3 is 15.3 Å². The molecule has 0 spiro atoms. The number of carbonyl (C=O) groups excluding carboxylic acids is 1. The molecular formula is C14H15N3O3. The molecule has 0 saturated carbocycles. The SMILES string of the molecule is N#Cc1ccc(NC(=O)N2CCCC(C(=O)O)C2)cc1. The van der Waals surface area contributed by atoms with Gasteiger partial charge in [0, 0.05) is 18.8 Å². The Labute approximate surface area is 116 Å². The summed E-state index contributed by atoms with van der Waals surface area (Å²) in [7, 11) is 0. The van der Waals surface area contributed by atoms with E-state index in [1.165, 1.54) is 4.90 Å². The summed E-state index contributed by atoms with van der Waals surface area (Å²) in [6.45, 7) is 0.795. The fraction of sp³-hybridized carbons (Fsp3) is 0.357. The average Bonchev–Trinajstić information content (AvgIpc) is 2.48. The standard InChI is InChI=1S/C14H15N3O3/c15-8-10-3-5-12(6-4-10)16-14(20)17-7-1-2-11(9-17)13(18)19/h3-6,11H,1-2,7,9H2,(H,16,20)(H,18,19). The van der Waals surface area contributed by atoms with Gasteiger partial charge in [-0.2, -0.15) is 5.26 Å². The van der Waals surface area contributed by atoms with Crippen molar-refractivity contribution in [3.8, 4) is 6.07 Å². The van der Waals surface area contributed by atoms with E-state index in [-0.39, 0.29) is 12.6 Å². The topological polar surface area (TPSA) is 93.4 Å². The van der Waals surface area contributed by atoms with Crippen LogP contribution in [0.25, 0.3) is 0 Å². The van der Waals surface area contributed by atoms with E-state index < -0.39 is 11.9 Å². The highest BCUT2D eigenvalue weighted by atomic mass is 16.4. The molecule has 1 aromatic rings. The van der Waals surface area contributed by atoms with Crippen molar-refractivity contribution in [2.24, 2.45) is 5.92 Å². The summed E-state index contributed by atoms with van der Waals surface area (Å²) in [5, 5.41) is 20.4. The van der Waals surface area contributed by atoms with Gasteiger partial charge in [0.2, 0.25) is 0 Å². The van der Waals surface area contributed by atoms with Crippen LogP contribution in [0.5, 0.6) is 0 Å². The Kier molecular flexibility index (Phi) is 4.20. The van der Waals surface area contributed by atoms with Crippen LogP contribution in [-0.4, -0.2) is 35.1 Å². The fourth-order valence-electron chi connectivity index (χ4n) is 2.19. The Bertz CT molecular complexity index is 548. The molecule has 1 saturated heterocycles. The van der Waals surface area contributed by atoms with Crippen LogP contribution >= 0.6 is 0 Å². The molecule has 0 aliphatic carbocycles. The van der Waals surface area contributed by atoms with Gasteiger partial charge in [0.25, 0.3) is 0 Å². The van der Waals surface area contributed by atoms with E-state index in [1.54, 1.807) is 24.3 Å². The van der Waals surface area contributed by atoms with E-state index >= 15 is 0 Å². The molecule has 0 aromatic heterocycles. The summed E-state index contributed by atoms with van der Waals surface area (Å²) in [5.74, 6) is -1.35. The minimum atomic E-state index is -0.860. The van der Waals surface area contributed by atoms with Crippen LogP contribution in [0.1, 0.15) is 18.4 Å². The molecule has 1 aliphatic rings. The lowest BCUT2D eigenvalue weighted by Gasteiger charge is -2.30. The molecule has 2 N–H and O–H groups in total. The highest BCUT2D eigenvalue weighted by Crippen LogP contribution is 2.18. The third-order valence-electron chi connectivity index (χ3n) is 3.32. The average molecular weight is 273 g/mol. The van der Waals surface area contributed by atoms with Crippen molar-refractivity contribution in [2.75, 3.05) is 18.4 Å². The van der Waals surface area contributed by atoms with Crippen molar-refractivity contribution >= 4 is 17.7 Å². The van der Waals surface area contributed by atoms with Crippen molar-refractivity contribution in [3.63, 3.8) is 0 Å². The highest BCUT2D eigenvalue weighted by Gasteiger charge is 2.28. The van der Waals surface area contributed by atoms with Crippen LogP contribution in [0.2, 0.25) is 0 Å². The molecule has 1 fully saturated rings. The van der Waals surface area contributed by atoms with Gasteiger partial charge in [-0.1, -0.05) is 0 Å². The second kappa shape index (κ2) is 6.06. The number of urea groups is 1. The molecular weight excluding hydrogens is 258 g/mol. The summed E-state index contributed by atoms with van der Waals surface area (Å²) in [4.78, 5) is 24.5. The zero-order valence-electron chi connectivity index (χ0n) is 10.9. The maximum atomic E-state index is 12.0. The quantitative estimate of drug-likeness (QED) is 0.860. The Morgan fingerprint density at radius 3 is 2.65 bits per heavy atom. The second-order valence-electron chi connectivity index (χ2n) is 4.74. The van der Waals surface area contributed by atoms with Crippen LogP contribution < -0.4 is 5.32 Å². The molecule has 1 aliphatic heterocycles. The zero-order valence-corrected chi connectivity index (χ0v) is 10.9. The smallest absolute Gasteiger partial charge is 0.321 e. The number of nitrogens with one attached hydrogen (secondary N) is 1. The molecule has 1 unspecified atom stereocenters. The van der Waals surface area contributed by atoms with E-state index in [4.69, 9.17) is 10.4 Å². The Morgan fingerprint density at radius 1 is 1.35 bits per heavy atom. The van der Waals surface area contributed by atoms with Gasteiger partial charge in [-0.25, -0.2) is 4.79 Å². The van der Waals surface area contributed by atoms with Crippen molar-refractivity contribution in [1.29, 1.82) is 5.26 Å². The van der Waals surface area contributed by atoms with Crippen molar-refractivity contribution in [1.82, 2.24) is 4.90 Å². The molecule has 104 valence electrons. The number of hydrogen-bond donors (Lipinski definition) is 2. The van der Waals surface area contributed by atoms with Gasteiger partial charge in [0.05, 0.1) is 17.6 Å². The first-order valence-electron chi connectivity index (χ1n) is 6.39. The molecule has 6 heteroatoms. The van der Waals surface area contributed by atoms with Gasteiger partial charge in [0.1, 0.15) is 0 Å². The maximum Gasteiger partial charge on any atom is 0.321 e. The van der Waals surface area contributed by atoms with Crippen LogP contribution in [-0.2, 0) is 4.79 Å². The number of nitrogens with zero attached hydrogens (tertiary/aromatic N) is 2. The minimum Gasteiger partial charge on any atom is -0.481 e. The van der Waals surface area contributed by atoms with E-state index in [0.29, 0.717) is 30.6 Å². The third kappa shape index (κ3) is 3.26. The first-order chi connectivity index (χ1) is 9.60. The number of anilines is 1. The number of carbonyl (C=O) groups is 2. The van der Waals surface area contributed by atoms with Gasteiger partial charge in [-0.05, 0) is 37.1 Å². The van der Waals surface area contributed by atoms with Gasteiger partial charge in [0.15, 0.2) is 0 Å². The monoisotopic (exact) mass is 273 g/mol. The molecule has 2 amide bonds. The molecule has 1 aromatic carbocycles. The number of piperidine rings is 1. The molecule has 0 radical (unpaired) electrons. The first-order valence-corrected chi connectivity index (χ1v) is 6.39. The first kappa shape index (κ1) is 13.9. The Balaban J connectivity index is 1.97. The number of carboxylic acids is 1. The van der Waals surface area contributed by atoms with Gasteiger partial charge in [-0.3, -0.25) is 4.79 Å². The molecule has 2 rings (SSSR count). The van der Waals surface area contributed by atoms with Crippen molar-refractivity contribution < 1.29 is 14.7 Å². The molecule has 1 heterocycles. The van der Waals surface area contributed by atoms with Crippen molar-refractivity contribution in [3.05, 3.63) is 29.8 Å². The number of rotatable bonds is 2. The highest BCUT2D eigenvalue weighted by molar-refractivity contribution is 5.89. The number of hydrogen-bond acceptors (Lipinski definition) is 3. The minimum absolute atomic E-state index is 0.234. The van der Waals surface area contributed by atoms with E-state index in [2.05, 4.69) is 5.32 Å². The number of amides is 2. The molecule has 20 heavy (non-hydrogen) atoms. The number of likely N-dealkylation sites (tertiary alicyclic amines) is 1. The number of nitriles is 1. The summed E-state index contributed by atoms with van der Waals surface area (Å²) < 4.78 is 0. The van der Waals surface area contributed by atoms with Crippen LogP contribution in [0.3, 0.4) is 0 Å². The molecule has 0 bridgehead atoms. The van der Waals surface area contributed by atoms with E-state index in [9.17, 15) is 9.59 Å². The number of benzene rings is 1. The summed E-state index contributed by atoms with van der Waals surface area (Å²) in [6, 6.07) is 8.23. The van der Waals surface area contributed by atoms with Crippen molar-refractivity contribution in [2.45, 2.75) is 12.8 Å². The van der Waals surface area contributed by atoms with E-state index in [0.717, 1.165) is 0 Å². The predicted octanol–water partition coefficient (Wildman–Crippen LogP) is 1.89. The van der Waals surface area contributed by atoms with Crippen LogP contribution in [0.4, 0.5) is 10.5 Å². The summed E-state index contributed by atoms with van der Waals surface area (Å²) in [6.07, 6.45) is 1.30. The van der Waals surface area contributed by atoms with Crippen LogP contribution in [0, 0.1) is 17.2 Å². The predicted molar refractivity (Wildman–Crippen MR) is 72.1 cm³/mol. The molecule has 6 nitrogen and oxygen atoms in total. The van der Waals surface area contributed by atoms with Crippen LogP contribution in [0.15, 0.2) is 24.3 Å². The van der Waals surface area contributed by atoms with E-state index in [1.807, 2.05) is 6.07 Å². The lowest BCUT2D eigenvalue weighted by atomic mass is 9.99. The number of aliphatic carboxylic acids is 1. The largest absolute Gasteiger partial charge is 0.481 e. The van der Waals surface area contributed by atoms with Gasteiger partial charge in [-0.15, -0.1) is 0 Å². The Morgan fingerprint density at radius 2 is 2.05 bits per heavy atom. The molecule has 1 atom stereocenters. The zero-order chi connectivity index (χ0) is 14.5. The Hall–Kier alpha value is -2.55. The lowest BCUT2D eigenvalue weighted by Crippen LogP contribution is -2.44. The lowest BCUT2D eigenvalue weighted by molar-refractivity contribution is -0.143. The second-order valence-corrected chi connectivity index (χ2v) is 4.74. The normalized spacial score (nSPS) is 18.1. The maximum absolute atomic E-state index is 12.0. The van der Waals surface area contributed by atoms with Gasteiger partial charge >= 0.3 is 12.0 Å². The third-order valence-corrected chi connectivity index (χ3v) is 3.32. The number of carboxylic acid groups (broad SMARTS) is 1. The summed E-state index contributed by atoms with van der Waals surface area (Å²) in [5.41, 5.74) is 1.11. The summed E-state index contributed by atoms with van der Waals surface area (Å²) >= 11 is 0.